The van der Waals surface area contributed by atoms with Crippen LogP contribution in [-0.2, 0) is 4.57 Å². The second-order valence-corrected chi connectivity index (χ2v) is 15.8. The number of nitrogens with zero attached hydrogens (tertiary/aromatic N) is 5. The van der Waals surface area contributed by atoms with E-state index in [1.165, 1.54) is 6.20 Å². The topological polar surface area (TPSA) is 76.6 Å². The lowest BCUT2D eigenvalue weighted by molar-refractivity contribution is 0.0982. The normalized spacial score (nSPS) is 17.6. The molecular weight excluding hydrogens is 600 g/mol. The van der Waals surface area contributed by atoms with Crippen molar-refractivity contribution in [3.05, 3.63) is 57.2 Å². The first-order valence-corrected chi connectivity index (χ1v) is 17.6. The number of halogens is 3. The van der Waals surface area contributed by atoms with Gasteiger partial charge in [0.25, 0.3) is 0 Å². The van der Waals surface area contributed by atoms with E-state index in [1.807, 2.05) is 12.1 Å². The van der Waals surface area contributed by atoms with Gasteiger partial charge in [-0.15, -0.1) is 0 Å². The molecule has 0 radical (unpaired) electrons. The molecule has 41 heavy (non-hydrogen) atoms. The zero-order valence-corrected chi connectivity index (χ0v) is 27.1. The van der Waals surface area contributed by atoms with Gasteiger partial charge in [0.05, 0.1) is 22.6 Å². The highest BCUT2D eigenvalue weighted by atomic mass is 35.5. The lowest BCUT2D eigenvalue weighted by Gasteiger charge is -2.43. The zero-order valence-electron chi connectivity index (χ0n) is 23.9. The second kappa shape index (κ2) is 12.7. The lowest BCUT2D eigenvalue weighted by atomic mass is 10.0. The Balaban J connectivity index is 1.29. The highest BCUT2D eigenvalue weighted by molar-refractivity contribution is 7.70. The predicted octanol–water partition coefficient (Wildman–Crippen LogP) is 6.70. The second-order valence-electron chi connectivity index (χ2n) is 11.3. The summed E-state index contributed by atoms with van der Waals surface area (Å²) in [6, 6.07) is 9.93. The Labute approximate surface area is 257 Å². The Bertz CT molecular complexity index is 1450. The fraction of sp³-hybridized carbons (Fsp3) is 0.448. The van der Waals surface area contributed by atoms with Gasteiger partial charge in [0.1, 0.15) is 12.2 Å². The van der Waals surface area contributed by atoms with Gasteiger partial charge in [-0.25, -0.2) is 4.98 Å². The number of rotatable bonds is 7. The molecule has 2 N–H and O–H groups in total. The van der Waals surface area contributed by atoms with Crippen LogP contribution in [0.3, 0.4) is 0 Å². The Morgan fingerprint density at radius 1 is 0.902 bits per heavy atom. The molecule has 2 aliphatic rings. The van der Waals surface area contributed by atoms with E-state index >= 15 is 0 Å². The van der Waals surface area contributed by atoms with Gasteiger partial charge in [-0.05, 0) is 76.0 Å². The van der Waals surface area contributed by atoms with Gasteiger partial charge in [0.15, 0.2) is 5.82 Å². The molecule has 220 valence electrons. The molecule has 0 atom stereocenters. The molecule has 2 aliphatic heterocycles. The third-order valence-electron chi connectivity index (χ3n) is 7.93. The summed E-state index contributed by atoms with van der Waals surface area (Å²) in [5.41, 5.74) is 3.59. The average Bonchev–Trinajstić information content (AvgIpc) is 2.92. The van der Waals surface area contributed by atoms with Crippen molar-refractivity contribution in [1.82, 2.24) is 19.8 Å². The van der Waals surface area contributed by atoms with Crippen molar-refractivity contribution in [3.63, 3.8) is 0 Å². The van der Waals surface area contributed by atoms with Crippen LogP contribution in [0.4, 0.5) is 28.8 Å². The van der Waals surface area contributed by atoms with Crippen LogP contribution in [0.1, 0.15) is 18.4 Å². The van der Waals surface area contributed by atoms with Gasteiger partial charge in [-0.2, -0.15) is 4.98 Å². The van der Waals surface area contributed by atoms with E-state index < -0.39 is 7.14 Å². The summed E-state index contributed by atoms with van der Waals surface area (Å²) < 4.78 is 12.9. The Kier molecular flexibility index (Phi) is 9.39. The molecule has 3 heterocycles. The largest absolute Gasteiger partial charge is 0.371 e. The first-order chi connectivity index (χ1) is 19.5. The summed E-state index contributed by atoms with van der Waals surface area (Å²) in [7, 11) is -0.383. The molecule has 3 aromatic rings. The van der Waals surface area contributed by atoms with Crippen molar-refractivity contribution in [1.29, 1.82) is 0 Å². The SMILES string of the molecule is Cc1cc(Nc2ncc(Cl)c(Nc3cc(Cl)ccc3P(C)(C)=O)n2)c(Cl)cc1N1CCC(N2CCN(C)CC2)CC1. The molecule has 0 bridgehead atoms. The van der Waals surface area contributed by atoms with Crippen LogP contribution in [0.5, 0.6) is 0 Å². The number of anilines is 5. The van der Waals surface area contributed by atoms with Gasteiger partial charge in [-0.3, -0.25) is 4.90 Å². The van der Waals surface area contributed by atoms with Gasteiger partial charge < -0.3 is 25.0 Å². The number of piperazine rings is 1. The van der Waals surface area contributed by atoms with E-state index in [9.17, 15) is 4.57 Å². The monoisotopic (exact) mass is 635 g/mol. The Morgan fingerprint density at radius 2 is 1.61 bits per heavy atom. The van der Waals surface area contributed by atoms with Gasteiger partial charge >= 0.3 is 0 Å². The zero-order chi connectivity index (χ0) is 29.3. The van der Waals surface area contributed by atoms with Crippen molar-refractivity contribution >= 4 is 76.1 Å². The maximum absolute atomic E-state index is 12.9. The van der Waals surface area contributed by atoms with Crippen molar-refractivity contribution in [3.8, 4) is 0 Å². The maximum atomic E-state index is 12.9. The standard InChI is InChI=1S/C29H37Cl3N7OP/c1-19-15-24(22(31)17-26(19)39-9-7-21(8-10-39)38-13-11-37(2)12-14-38)35-29-33-18-23(32)28(36-29)34-25-16-20(30)5-6-27(25)41(3,4)40/h5-6,15-18,21H,7-14H2,1-4H3,(H2,33,34,35,36). The van der Waals surface area contributed by atoms with Gasteiger partial charge in [0.2, 0.25) is 5.95 Å². The summed E-state index contributed by atoms with van der Waals surface area (Å²) in [6.07, 6.45) is 3.84. The number of aromatic nitrogens is 2. The van der Waals surface area contributed by atoms with Crippen LogP contribution >= 0.6 is 41.9 Å². The number of hydrogen-bond donors (Lipinski definition) is 2. The third-order valence-corrected chi connectivity index (χ3v) is 10.3. The summed E-state index contributed by atoms with van der Waals surface area (Å²) in [4.78, 5) is 16.5. The minimum atomic E-state index is -2.59. The van der Waals surface area contributed by atoms with E-state index in [2.05, 4.69) is 49.3 Å². The molecule has 0 saturated carbocycles. The van der Waals surface area contributed by atoms with Crippen LogP contribution < -0.4 is 20.8 Å². The smallest absolute Gasteiger partial charge is 0.229 e. The molecule has 2 aromatic carbocycles. The quantitative estimate of drug-likeness (QED) is 0.278. The predicted molar refractivity (Wildman–Crippen MR) is 175 cm³/mol. The summed E-state index contributed by atoms with van der Waals surface area (Å²) in [6.45, 7) is 12.2. The van der Waals surface area contributed by atoms with E-state index in [1.54, 1.807) is 31.5 Å². The minimum Gasteiger partial charge on any atom is -0.371 e. The number of nitrogens with one attached hydrogen (secondary N) is 2. The van der Waals surface area contributed by atoms with Crippen LogP contribution in [0.2, 0.25) is 15.1 Å². The van der Waals surface area contributed by atoms with Gasteiger partial charge in [-0.1, -0.05) is 34.8 Å². The van der Waals surface area contributed by atoms with Crippen LogP contribution in [0.15, 0.2) is 36.5 Å². The first-order valence-electron chi connectivity index (χ1n) is 13.9. The lowest BCUT2D eigenvalue weighted by Crippen LogP contribution is -2.52. The summed E-state index contributed by atoms with van der Waals surface area (Å²) in [5, 5.41) is 8.53. The number of aryl methyl sites for hydroxylation is 1. The summed E-state index contributed by atoms with van der Waals surface area (Å²) in [5.74, 6) is 0.701. The molecule has 8 nitrogen and oxygen atoms in total. The highest BCUT2D eigenvalue weighted by Crippen LogP contribution is 2.40. The maximum Gasteiger partial charge on any atom is 0.229 e. The fourth-order valence-corrected chi connectivity index (χ4v) is 7.26. The van der Waals surface area contributed by atoms with E-state index in [0.29, 0.717) is 49.6 Å². The third kappa shape index (κ3) is 7.30. The number of piperidine rings is 1. The van der Waals surface area contributed by atoms with E-state index in [0.717, 1.165) is 63.4 Å². The molecule has 0 unspecified atom stereocenters. The van der Waals surface area contributed by atoms with Gasteiger partial charge in [0, 0.05) is 61.3 Å². The molecule has 12 heteroatoms. The minimum absolute atomic E-state index is 0.320. The molecule has 5 rings (SSSR count). The average molecular weight is 637 g/mol. The number of benzene rings is 2. The fourth-order valence-electron chi connectivity index (χ4n) is 5.61. The van der Waals surface area contributed by atoms with Crippen LogP contribution in [-0.4, -0.2) is 85.5 Å². The molecule has 1 aromatic heterocycles. The van der Waals surface area contributed by atoms with E-state index in [-0.39, 0.29) is 0 Å². The molecule has 0 aliphatic carbocycles. The Morgan fingerprint density at radius 3 is 2.29 bits per heavy atom. The van der Waals surface area contributed by atoms with Crippen molar-refractivity contribution in [2.45, 2.75) is 25.8 Å². The van der Waals surface area contributed by atoms with Crippen LogP contribution in [0.25, 0.3) is 0 Å². The van der Waals surface area contributed by atoms with Crippen molar-refractivity contribution < 1.29 is 4.57 Å². The first kappa shape index (κ1) is 30.4. The number of likely N-dealkylation sites (N-methyl/N-ethyl adjacent to an activating group) is 1. The molecular formula is C29H37Cl3N7OP. The molecule has 2 saturated heterocycles. The Hall–Kier alpha value is -2.06. The summed E-state index contributed by atoms with van der Waals surface area (Å²) >= 11 is 19.4. The molecule has 2 fully saturated rings. The van der Waals surface area contributed by atoms with Crippen LogP contribution in [0, 0.1) is 6.92 Å². The number of hydrogen-bond acceptors (Lipinski definition) is 8. The van der Waals surface area contributed by atoms with Crippen molar-refractivity contribution in [2.24, 2.45) is 0 Å². The van der Waals surface area contributed by atoms with E-state index in [4.69, 9.17) is 34.8 Å². The molecule has 0 spiro atoms. The van der Waals surface area contributed by atoms with Crippen molar-refractivity contribution in [2.75, 3.05) is 75.2 Å². The highest BCUT2D eigenvalue weighted by Gasteiger charge is 2.27. The molecule has 0 amide bonds.